The second-order valence-corrected chi connectivity index (χ2v) is 6.34. The van der Waals surface area contributed by atoms with Crippen molar-refractivity contribution in [3.05, 3.63) is 77.4 Å². The van der Waals surface area contributed by atoms with Crippen molar-refractivity contribution < 1.29 is 9.53 Å². The summed E-state index contributed by atoms with van der Waals surface area (Å²) >= 11 is 0. The van der Waals surface area contributed by atoms with Gasteiger partial charge in [0.2, 0.25) is 0 Å². The summed E-state index contributed by atoms with van der Waals surface area (Å²) in [5.41, 5.74) is 2.57. The van der Waals surface area contributed by atoms with Gasteiger partial charge in [0.1, 0.15) is 5.75 Å². The van der Waals surface area contributed by atoms with E-state index in [-0.39, 0.29) is 5.91 Å². The Labute approximate surface area is 160 Å². The minimum atomic E-state index is -0.00406. The van der Waals surface area contributed by atoms with Crippen molar-refractivity contribution in [1.29, 1.82) is 0 Å². The number of hydrogen-bond donors (Lipinski definition) is 0. The van der Waals surface area contributed by atoms with Gasteiger partial charge >= 0.3 is 0 Å². The number of methoxy groups -OCH3 is 1. The number of rotatable bonds is 6. The van der Waals surface area contributed by atoms with Gasteiger partial charge in [-0.3, -0.25) is 4.79 Å². The van der Waals surface area contributed by atoms with Crippen LogP contribution in [-0.2, 0) is 0 Å². The Kier molecular flexibility index (Phi) is 5.92. The molecule has 0 aliphatic rings. The van der Waals surface area contributed by atoms with Crippen molar-refractivity contribution >= 4 is 28.8 Å². The van der Waals surface area contributed by atoms with Gasteiger partial charge < -0.3 is 9.64 Å². The Morgan fingerprint density at radius 3 is 2.37 bits per heavy atom. The molecular weight excluding hydrogens is 334 g/mol. The lowest BCUT2D eigenvalue weighted by molar-refractivity contribution is 0.0769. The summed E-state index contributed by atoms with van der Waals surface area (Å²) < 4.78 is 5.47. The zero-order chi connectivity index (χ0) is 19.2. The predicted molar refractivity (Wildman–Crippen MR) is 113 cm³/mol. The maximum atomic E-state index is 13.0. The summed E-state index contributed by atoms with van der Waals surface area (Å²) in [5.74, 6) is 0.600. The van der Waals surface area contributed by atoms with Crippen molar-refractivity contribution in [2.24, 2.45) is 0 Å². The first-order valence-electron chi connectivity index (χ1n) is 9.31. The average molecular weight is 359 g/mol. The minimum absolute atomic E-state index is 0.00406. The molecule has 0 aliphatic carbocycles. The Hall–Kier alpha value is -3.07. The van der Waals surface area contributed by atoms with Gasteiger partial charge in [0, 0.05) is 13.1 Å². The van der Waals surface area contributed by atoms with Gasteiger partial charge in [-0.15, -0.1) is 0 Å². The molecule has 0 atom stereocenters. The van der Waals surface area contributed by atoms with E-state index < -0.39 is 0 Å². The van der Waals surface area contributed by atoms with E-state index in [0.717, 1.165) is 11.1 Å². The lowest BCUT2D eigenvalue weighted by Gasteiger charge is -2.21. The number of benzene rings is 3. The molecule has 0 aliphatic heterocycles. The first kappa shape index (κ1) is 18.7. The fourth-order valence-electron chi connectivity index (χ4n) is 3.25. The maximum absolute atomic E-state index is 13.0. The number of ether oxygens (including phenoxy) is 1. The first-order valence-corrected chi connectivity index (χ1v) is 9.31. The van der Waals surface area contributed by atoms with Crippen molar-refractivity contribution in [3.8, 4) is 5.75 Å². The van der Waals surface area contributed by atoms with Crippen LogP contribution in [0.25, 0.3) is 22.9 Å². The molecule has 0 radical (unpaired) electrons. The van der Waals surface area contributed by atoms with Crippen LogP contribution in [0, 0.1) is 0 Å². The van der Waals surface area contributed by atoms with Crippen molar-refractivity contribution in [3.63, 3.8) is 0 Å². The first-order chi connectivity index (χ1) is 13.2. The smallest absolute Gasteiger partial charge is 0.258 e. The zero-order valence-electron chi connectivity index (χ0n) is 16.1. The second kappa shape index (κ2) is 8.54. The van der Waals surface area contributed by atoms with Gasteiger partial charge in [-0.25, -0.2) is 0 Å². The molecule has 3 heteroatoms. The maximum Gasteiger partial charge on any atom is 0.258 e. The van der Waals surface area contributed by atoms with E-state index in [2.05, 4.69) is 30.3 Å². The van der Waals surface area contributed by atoms with Gasteiger partial charge in [-0.1, -0.05) is 60.7 Å². The van der Waals surface area contributed by atoms with Crippen LogP contribution in [0.2, 0.25) is 0 Å². The number of carbonyl (C=O) groups is 1. The van der Waals surface area contributed by atoms with E-state index in [1.807, 2.05) is 61.2 Å². The molecule has 0 spiro atoms. The summed E-state index contributed by atoms with van der Waals surface area (Å²) in [5, 5.41) is 2.41. The lowest BCUT2D eigenvalue weighted by atomic mass is 10.0. The van der Waals surface area contributed by atoms with Crippen LogP contribution in [0.3, 0.4) is 0 Å². The summed E-state index contributed by atoms with van der Waals surface area (Å²) in [6, 6.07) is 20.3. The van der Waals surface area contributed by atoms with Crippen molar-refractivity contribution in [1.82, 2.24) is 4.90 Å². The fourth-order valence-corrected chi connectivity index (χ4v) is 3.25. The van der Waals surface area contributed by atoms with Gasteiger partial charge in [0.15, 0.2) is 0 Å². The van der Waals surface area contributed by atoms with Crippen LogP contribution in [0.4, 0.5) is 0 Å². The van der Waals surface area contributed by atoms with Crippen molar-refractivity contribution in [2.75, 3.05) is 20.2 Å². The number of fused-ring (bicyclic) bond motifs is 1. The largest absolute Gasteiger partial charge is 0.496 e. The highest BCUT2D eigenvalue weighted by Crippen LogP contribution is 2.26. The van der Waals surface area contributed by atoms with Crippen LogP contribution >= 0.6 is 0 Å². The molecule has 138 valence electrons. The van der Waals surface area contributed by atoms with E-state index in [4.69, 9.17) is 4.74 Å². The third-order valence-electron chi connectivity index (χ3n) is 4.77. The Morgan fingerprint density at radius 2 is 1.67 bits per heavy atom. The molecule has 3 rings (SSSR count). The van der Waals surface area contributed by atoms with E-state index in [0.29, 0.717) is 24.4 Å². The quantitative estimate of drug-likeness (QED) is 0.544. The highest BCUT2D eigenvalue weighted by molar-refractivity contribution is 6.01. The zero-order valence-corrected chi connectivity index (χ0v) is 16.1. The predicted octanol–water partition coefficient (Wildman–Crippen LogP) is 5.50. The standard InChI is InChI=1S/C24H25NO2/c1-4-25(5-2)24(26)23-20(11-8-12-22(23)27-3)16-14-18-13-15-19-9-6-7-10-21(19)17-18/h6-17H,4-5H2,1-3H3/b16-14-. The molecule has 0 fully saturated rings. The molecule has 0 saturated heterocycles. The van der Waals surface area contributed by atoms with Crippen LogP contribution in [0.5, 0.6) is 5.75 Å². The Bertz CT molecular complexity index is 971. The molecule has 0 N–H and O–H groups in total. The Morgan fingerprint density at radius 1 is 0.926 bits per heavy atom. The third-order valence-corrected chi connectivity index (χ3v) is 4.77. The number of nitrogens with zero attached hydrogens (tertiary/aromatic N) is 1. The fraction of sp³-hybridized carbons (Fsp3) is 0.208. The average Bonchev–Trinajstić information content (AvgIpc) is 2.72. The van der Waals surface area contributed by atoms with Crippen LogP contribution in [0.1, 0.15) is 35.3 Å². The summed E-state index contributed by atoms with van der Waals surface area (Å²) in [7, 11) is 1.60. The summed E-state index contributed by atoms with van der Waals surface area (Å²) in [4.78, 5) is 14.8. The van der Waals surface area contributed by atoms with E-state index in [1.165, 1.54) is 10.8 Å². The molecule has 0 heterocycles. The molecule has 0 unspecified atom stereocenters. The van der Waals surface area contributed by atoms with Gasteiger partial charge in [-0.05, 0) is 47.9 Å². The number of carbonyl (C=O) groups excluding carboxylic acids is 1. The van der Waals surface area contributed by atoms with E-state index in [1.54, 1.807) is 7.11 Å². The third kappa shape index (κ3) is 4.03. The van der Waals surface area contributed by atoms with Crippen LogP contribution < -0.4 is 4.74 Å². The van der Waals surface area contributed by atoms with Gasteiger partial charge in [0.25, 0.3) is 5.91 Å². The topological polar surface area (TPSA) is 29.5 Å². The highest BCUT2D eigenvalue weighted by Gasteiger charge is 2.20. The number of amides is 1. The molecule has 3 aromatic carbocycles. The SMILES string of the molecule is CCN(CC)C(=O)c1c(/C=C\c2ccc3ccccc3c2)cccc1OC. The van der Waals surface area contributed by atoms with Crippen molar-refractivity contribution in [2.45, 2.75) is 13.8 Å². The van der Waals surface area contributed by atoms with E-state index >= 15 is 0 Å². The summed E-state index contributed by atoms with van der Waals surface area (Å²) in [6.07, 6.45) is 4.03. The Balaban J connectivity index is 2.00. The van der Waals surface area contributed by atoms with Gasteiger partial charge in [-0.2, -0.15) is 0 Å². The normalized spacial score (nSPS) is 11.1. The molecule has 27 heavy (non-hydrogen) atoms. The minimum Gasteiger partial charge on any atom is -0.496 e. The van der Waals surface area contributed by atoms with Crippen LogP contribution in [-0.4, -0.2) is 31.0 Å². The molecule has 1 amide bonds. The molecule has 3 nitrogen and oxygen atoms in total. The molecule has 0 saturated carbocycles. The van der Waals surface area contributed by atoms with Gasteiger partial charge in [0.05, 0.1) is 12.7 Å². The monoisotopic (exact) mass is 359 g/mol. The molecule has 0 bridgehead atoms. The van der Waals surface area contributed by atoms with E-state index in [9.17, 15) is 4.79 Å². The highest BCUT2D eigenvalue weighted by atomic mass is 16.5. The summed E-state index contributed by atoms with van der Waals surface area (Å²) in [6.45, 7) is 5.31. The second-order valence-electron chi connectivity index (χ2n) is 6.34. The molecule has 3 aromatic rings. The molecular formula is C24H25NO2. The number of hydrogen-bond acceptors (Lipinski definition) is 2. The molecule has 0 aromatic heterocycles. The van der Waals surface area contributed by atoms with Crippen LogP contribution in [0.15, 0.2) is 60.7 Å². The lowest BCUT2D eigenvalue weighted by Crippen LogP contribution is -2.31.